The average Bonchev–Trinajstić information content (AvgIpc) is 0.925. The first-order chi connectivity index (χ1) is 49.7. The number of hydrogen-bond donors (Lipinski definition) is 3. The Morgan fingerprint density at radius 1 is 0.294 bits per heavy atom. The lowest BCUT2D eigenvalue weighted by atomic mass is 10.1. The van der Waals surface area contributed by atoms with Crippen molar-refractivity contribution in [2.24, 2.45) is 0 Å². The van der Waals surface area contributed by atoms with Gasteiger partial charge in [0.15, 0.2) is 12.2 Å². The summed E-state index contributed by atoms with van der Waals surface area (Å²) < 4.78 is 68.3. The fourth-order valence-electron chi connectivity index (χ4n) is 9.43. The maximum absolute atomic E-state index is 13.1. The summed E-state index contributed by atoms with van der Waals surface area (Å²) in [5, 5.41) is 10.6. The van der Waals surface area contributed by atoms with Crippen molar-refractivity contribution in [3.8, 4) is 0 Å². The highest BCUT2D eigenvalue weighted by Gasteiger charge is 2.30. The normalized spacial score (nSPS) is 14.9. The molecular weight excluding hydrogens is 1330 g/mol. The molecule has 19 heteroatoms. The van der Waals surface area contributed by atoms with Crippen LogP contribution in [0, 0.1) is 0 Å². The van der Waals surface area contributed by atoms with Crippen LogP contribution in [0.25, 0.3) is 0 Å². The number of phosphoric acid groups is 2. The van der Waals surface area contributed by atoms with E-state index >= 15 is 0 Å². The predicted molar refractivity (Wildman–Crippen MR) is 417 cm³/mol. The minimum absolute atomic E-state index is 0.0725. The number of carbonyl (C=O) groups is 4. The molecule has 0 spiro atoms. The zero-order chi connectivity index (χ0) is 74.6. The van der Waals surface area contributed by atoms with E-state index in [2.05, 4.69) is 174 Å². The highest BCUT2D eigenvalue weighted by Crippen LogP contribution is 2.45. The molecule has 0 radical (unpaired) electrons. The van der Waals surface area contributed by atoms with Gasteiger partial charge >= 0.3 is 39.5 Å². The number of hydrogen-bond acceptors (Lipinski definition) is 15. The van der Waals surface area contributed by atoms with Gasteiger partial charge in [-0.25, -0.2) is 9.13 Å². The van der Waals surface area contributed by atoms with Gasteiger partial charge in [0.05, 0.1) is 32.8 Å². The Hall–Kier alpha value is -5.58. The lowest BCUT2D eigenvalue weighted by Crippen LogP contribution is -2.30. The molecule has 0 rings (SSSR count). The van der Waals surface area contributed by atoms with Crippen LogP contribution in [0.15, 0.2) is 170 Å². The zero-order valence-electron chi connectivity index (χ0n) is 63.0. The van der Waals surface area contributed by atoms with Gasteiger partial charge in [-0.3, -0.25) is 37.3 Å². The highest BCUT2D eigenvalue weighted by atomic mass is 31.2. The largest absolute Gasteiger partial charge is 0.472 e. The van der Waals surface area contributed by atoms with Crippen LogP contribution in [-0.2, 0) is 65.4 Å². The fourth-order valence-corrected chi connectivity index (χ4v) is 11.0. The number of aliphatic hydroxyl groups is 1. The van der Waals surface area contributed by atoms with Gasteiger partial charge in [-0.15, -0.1) is 0 Å². The first-order valence-corrected chi connectivity index (χ1v) is 41.4. The predicted octanol–water partition coefficient (Wildman–Crippen LogP) is 22.2. The summed E-state index contributed by atoms with van der Waals surface area (Å²) in [7, 11) is -10.0. The molecule has 0 aliphatic heterocycles. The van der Waals surface area contributed by atoms with Gasteiger partial charge in [-0.05, 0) is 148 Å². The number of rotatable bonds is 70. The summed E-state index contributed by atoms with van der Waals surface area (Å²) in [5.41, 5.74) is 0. The van der Waals surface area contributed by atoms with Gasteiger partial charge in [-0.1, -0.05) is 268 Å². The Morgan fingerprint density at radius 3 is 0.882 bits per heavy atom. The summed E-state index contributed by atoms with van der Waals surface area (Å²) >= 11 is 0. The number of ether oxygens (including phenoxy) is 4. The molecule has 0 amide bonds. The van der Waals surface area contributed by atoms with Crippen LogP contribution in [0.3, 0.4) is 0 Å². The Kier molecular flexibility index (Phi) is 69.7. The Morgan fingerprint density at radius 2 is 0.549 bits per heavy atom. The van der Waals surface area contributed by atoms with Crippen molar-refractivity contribution >= 4 is 39.5 Å². The molecular formula is C83H134O17P2. The molecule has 0 heterocycles. The van der Waals surface area contributed by atoms with Crippen LogP contribution in [-0.4, -0.2) is 96.7 Å². The number of aliphatic hydroxyl groups excluding tert-OH is 1. The van der Waals surface area contributed by atoms with Crippen molar-refractivity contribution in [2.75, 3.05) is 39.6 Å². The second-order valence-corrected chi connectivity index (χ2v) is 27.7. The number of phosphoric ester groups is 2. The van der Waals surface area contributed by atoms with Crippen LogP contribution >= 0.6 is 15.6 Å². The van der Waals surface area contributed by atoms with Crippen molar-refractivity contribution in [3.63, 3.8) is 0 Å². The minimum atomic E-state index is -5.01. The molecule has 0 aromatic heterocycles. The van der Waals surface area contributed by atoms with E-state index in [4.69, 9.17) is 37.0 Å². The van der Waals surface area contributed by atoms with E-state index in [0.29, 0.717) is 25.7 Å². The summed E-state index contributed by atoms with van der Waals surface area (Å²) in [4.78, 5) is 72.8. The van der Waals surface area contributed by atoms with E-state index in [1.807, 2.05) is 12.2 Å². The van der Waals surface area contributed by atoms with Crippen LogP contribution in [0.5, 0.6) is 0 Å². The zero-order valence-corrected chi connectivity index (χ0v) is 64.8. The molecule has 0 saturated carbocycles. The van der Waals surface area contributed by atoms with Crippen molar-refractivity contribution in [1.29, 1.82) is 0 Å². The van der Waals surface area contributed by atoms with Crippen molar-refractivity contribution < 1.29 is 80.2 Å². The second-order valence-electron chi connectivity index (χ2n) is 24.8. The SMILES string of the molecule is CC/C=C\C/C=C\C/C=C\C/C=C\C/C=C\CC(=O)OC(COC(=O)CCCCCC/C=C\C/C=C\C/C=C\C/C=C\CC)COP(=O)(O)OCC(O)COP(=O)(O)OCC(COC(=O)CCCCCCCC/C=C\C/C=C\C/C=C\C/C=C\CC)OC(=O)CCCCCCC/C=C\CCCC. The van der Waals surface area contributed by atoms with Gasteiger partial charge in [0.1, 0.15) is 19.3 Å². The van der Waals surface area contributed by atoms with Gasteiger partial charge in [0.2, 0.25) is 0 Å². The molecule has 0 aromatic rings. The quantitative estimate of drug-likeness (QED) is 0.0169. The lowest BCUT2D eigenvalue weighted by molar-refractivity contribution is -0.161. The van der Waals surface area contributed by atoms with Crippen molar-refractivity contribution in [3.05, 3.63) is 170 Å². The smallest absolute Gasteiger partial charge is 0.462 e. The topological polar surface area (TPSA) is 237 Å². The summed E-state index contributed by atoms with van der Waals surface area (Å²) in [6.07, 6.45) is 86.7. The maximum Gasteiger partial charge on any atom is 0.472 e. The molecule has 17 nitrogen and oxygen atoms in total. The standard InChI is InChI=1S/C83H134O17P2/c1-5-9-13-17-21-25-29-32-35-37-38-40-43-45-49-52-56-60-64-68-80(85)93-73-78(99-82(87)69-65-61-57-53-47-28-24-20-16-12-8-4)75-97-101(89,90)95-71-77(84)72-96-102(91,92)98-76-79(100-83(88)70-66-62-58-54-50-46-41-34-31-27-23-19-15-11-7-3)74-94-81(86)67-63-59-55-51-48-44-42-39-36-33-30-26-22-18-14-10-6-2/h9-11,13-15,20-27,32-36,38,40-42,44,50,54,62,66,77-79,84H,5-8,12,16-19,28-31,37,39,43,45-49,51-53,55-61,63-65,67-76H2,1-4H3,(H,89,90)(H,91,92)/b13-9-,14-10-,15-11-,24-20-,25-21-,26-22-,27-23-,35-32-,36-33-,40-38-,41-34-,44-42-,54-50-,66-62-. The molecule has 0 aromatic carbocycles. The van der Waals surface area contributed by atoms with E-state index < -0.39 is 97.5 Å². The van der Waals surface area contributed by atoms with Gasteiger partial charge in [-0.2, -0.15) is 0 Å². The van der Waals surface area contributed by atoms with Crippen molar-refractivity contribution in [1.82, 2.24) is 0 Å². The lowest BCUT2D eigenvalue weighted by Gasteiger charge is -2.21. The van der Waals surface area contributed by atoms with Crippen LogP contribution in [0.2, 0.25) is 0 Å². The number of unbranched alkanes of at least 4 members (excludes halogenated alkanes) is 17. The molecule has 5 atom stereocenters. The summed E-state index contributed by atoms with van der Waals surface area (Å²) in [5.74, 6) is -2.39. The van der Waals surface area contributed by atoms with Crippen LogP contribution in [0.1, 0.15) is 272 Å². The molecule has 5 unspecified atom stereocenters. The second kappa shape index (κ2) is 73.7. The monoisotopic (exact) mass is 1460 g/mol. The van der Waals surface area contributed by atoms with E-state index in [1.165, 1.54) is 12.8 Å². The van der Waals surface area contributed by atoms with Gasteiger partial charge in [0, 0.05) is 19.3 Å². The van der Waals surface area contributed by atoms with E-state index in [1.54, 1.807) is 12.2 Å². The van der Waals surface area contributed by atoms with Crippen molar-refractivity contribution in [2.45, 2.75) is 290 Å². The van der Waals surface area contributed by atoms with E-state index in [-0.39, 0.29) is 25.7 Å². The fraction of sp³-hybridized carbons (Fsp3) is 0.614. The maximum atomic E-state index is 13.1. The van der Waals surface area contributed by atoms with Gasteiger partial charge < -0.3 is 33.8 Å². The molecule has 0 aliphatic rings. The molecule has 578 valence electrons. The first-order valence-electron chi connectivity index (χ1n) is 38.4. The molecule has 0 bridgehead atoms. The Bertz CT molecular complexity index is 2600. The van der Waals surface area contributed by atoms with Crippen LogP contribution < -0.4 is 0 Å². The van der Waals surface area contributed by atoms with E-state index in [0.717, 1.165) is 180 Å². The van der Waals surface area contributed by atoms with Crippen LogP contribution in [0.4, 0.5) is 0 Å². The molecule has 102 heavy (non-hydrogen) atoms. The average molecular weight is 1470 g/mol. The Balaban J connectivity index is 5.43. The Labute approximate surface area is 616 Å². The van der Waals surface area contributed by atoms with Gasteiger partial charge in [0.25, 0.3) is 0 Å². The number of esters is 4. The molecule has 0 aliphatic carbocycles. The molecule has 0 fully saturated rings. The third-order valence-electron chi connectivity index (χ3n) is 15.2. The summed E-state index contributed by atoms with van der Waals surface area (Å²) in [6.45, 7) is 4.29. The third-order valence-corrected chi connectivity index (χ3v) is 17.1. The number of carbonyl (C=O) groups excluding carboxylic acids is 4. The first kappa shape index (κ1) is 96.4. The minimum Gasteiger partial charge on any atom is -0.462 e. The highest BCUT2D eigenvalue weighted by molar-refractivity contribution is 7.47. The molecule has 0 saturated heterocycles. The number of allylic oxidation sites excluding steroid dienone is 27. The molecule has 3 N–H and O–H groups in total. The third kappa shape index (κ3) is 72.8. The summed E-state index contributed by atoms with van der Waals surface area (Å²) in [6, 6.07) is 0. The van der Waals surface area contributed by atoms with E-state index in [9.17, 15) is 43.2 Å².